The van der Waals surface area contributed by atoms with Gasteiger partial charge >= 0.3 is 0 Å². The third kappa shape index (κ3) is 2.82. The number of benzene rings is 1. The van der Waals surface area contributed by atoms with Crippen molar-refractivity contribution >= 4 is 22.3 Å². The van der Waals surface area contributed by atoms with Gasteiger partial charge in [0.25, 0.3) is 5.69 Å². The summed E-state index contributed by atoms with van der Waals surface area (Å²) in [7, 11) is 0. The Morgan fingerprint density at radius 3 is 2.96 bits per heavy atom. The van der Waals surface area contributed by atoms with E-state index >= 15 is 0 Å². The molecule has 3 heterocycles. The average molecular weight is 337 g/mol. The molecule has 0 radical (unpaired) electrons. The van der Waals surface area contributed by atoms with Crippen LogP contribution in [0.2, 0.25) is 0 Å². The number of nitro benzene ring substituents is 1. The van der Waals surface area contributed by atoms with Gasteiger partial charge in [-0.25, -0.2) is 4.98 Å². The highest BCUT2D eigenvalue weighted by atomic mass is 16.6. The van der Waals surface area contributed by atoms with Crippen molar-refractivity contribution in [1.29, 1.82) is 0 Å². The van der Waals surface area contributed by atoms with Gasteiger partial charge in [-0.05, 0) is 31.9 Å². The molecule has 7 heteroatoms. The highest BCUT2D eigenvalue weighted by Crippen LogP contribution is 2.34. The minimum Gasteiger partial charge on any atom is -0.369 e. The van der Waals surface area contributed by atoms with Crippen LogP contribution in [-0.4, -0.2) is 32.8 Å². The highest BCUT2D eigenvalue weighted by molar-refractivity contribution is 5.97. The van der Waals surface area contributed by atoms with Gasteiger partial charge in [0, 0.05) is 48.3 Å². The summed E-state index contributed by atoms with van der Waals surface area (Å²) in [6, 6.07) is 9.44. The van der Waals surface area contributed by atoms with Crippen LogP contribution in [0, 0.1) is 17.0 Å². The van der Waals surface area contributed by atoms with Crippen molar-refractivity contribution < 1.29 is 4.92 Å². The van der Waals surface area contributed by atoms with E-state index in [1.807, 2.05) is 36.0 Å². The number of hydrogen-bond donors (Lipinski definition) is 0. The predicted octanol–water partition coefficient (Wildman–Crippen LogP) is 3.49. The number of nitrogens with zero attached hydrogens (tertiary/aromatic N) is 5. The third-order valence-electron chi connectivity index (χ3n) is 4.76. The molecule has 1 aliphatic rings. The van der Waals surface area contributed by atoms with Gasteiger partial charge < -0.3 is 4.90 Å². The van der Waals surface area contributed by atoms with E-state index in [0.717, 1.165) is 42.7 Å². The van der Waals surface area contributed by atoms with Crippen LogP contribution in [0.3, 0.4) is 0 Å². The Bertz CT molecular complexity index is 923. The van der Waals surface area contributed by atoms with E-state index < -0.39 is 0 Å². The smallest absolute Gasteiger partial charge is 0.295 e. The van der Waals surface area contributed by atoms with Crippen molar-refractivity contribution in [2.45, 2.75) is 25.8 Å². The lowest BCUT2D eigenvalue weighted by atomic mass is 10.0. The van der Waals surface area contributed by atoms with Crippen molar-refractivity contribution in [2.75, 3.05) is 18.0 Å². The second-order valence-electron chi connectivity index (χ2n) is 6.44. The normalized spacial score (nSPS) is 17.8. The maximum atomic E-state index is 11.4. The van der Waals surface area contributed by atoms with Gasteiger partial charge in [0.1, 0.15) is 0 Å². The fraction of sp³-hybridized carbons (Fsp3) is 0.333. The second-order valence-corrected chi connectivity index (χ2v) is 6.44. The number of para-hydroxylation sites is 1. The Balaban J connectivity index is 1.78. The molecule has 1 fully saturated rings. The number of non-ortho nitro benzene ring substituents is 1. The van der Waals surface area contributed by atoms with Gasteiger partial charge in [-0.15, -0.1) is 0 Å². The molecule has 2 aromatic heterocycles. The Hall–Kier alpha value is -2.96. The molecule has 0 bridgehead atoms. The summed E-state index contributed by atoms with van der Waals surface area (Å²) in [5.41, 5.74) is 2.33. The average Bonchev–Trinajstić information content (AvgIpc) is 3.15. The summed E-state index contributed by atoms with van der Waals surface area (Å²) in [6.07, 6.45) is 5.94. The standard InChI is InChI=1S/C18H19N5O2/c1-13-11-17(15-6-2-7-16(23(24)25)18(15)20-13)21-9-3-5-14(12-21)22-10-4-8-19-22/h2,4,6-8,10-11,14H,3,5,9,12H2,1H3. The highest BCUT2D eigenvalue weighted by Gasteiger charge is 2.24. The molecule has 1 atom stereocenters. The van der Waals surface area contributed by atoms with E-state index in [1.54, 1.807) is 12.3 Å². The molecule has 4 rings (SSSR count). The van der Waals surface area contributed by atoms with Gasteiger partial charge in [-0.2, -0.15) is 5.10 Å². The molecule has 1 aliphatic heterocycles. The predicted molar refractivity (Wildman–Crippen MR) is 95.8 cm³/mol. The maximum absolute atomic E-state index is 11.4. The van der Waals surface area contributed by atoms with E-state index in [2.05, 4.69) is 15.0 Å². The minimum absolute atomic E-state index is 0.0584. The number of hydrogen-bond acceptors (Lipinski definition) is 5. The Kier molecular flexibility index (Phi) is 3.83. The summed E-state index contributed by atoms with van der Waals surface area (Å²) >= 11 is 0. The van der Waals surface area contributed by atoms with E-state index in [1.165, 1.54) is 6.07 Å². The number of pyridine rings is 1. The first-order chi connectivity index (χ1) is 12.1. The van der Waals surface area contributed by atoms with Crippen LogP contribution in [-0.2, 0) is 0 Å². The summed E-state index contributed by atoms with van der Waals surface area (Å²) in [5, 5.41) is 16.6. The SMILES string of the molecule is Cc1cc(N2CCCC(n3cccn3)C2)c2cccc([N+](=O)[O-])c2n1. The van der Waals surface area contributed by atoms with E-state index in [0.29, 0.717) is 11.6 Å². The lowest BCUT2D eigenvalue weighted by Crippen LogP contribution is -2.37. The van der Waals surface area contributed by atoms with Gasteiger partial charge in [-0.1, -0.05) is 12.1 Å². The van der Waals surface area contributed by atoms with Gasteiger partial charge in [0.05, 0.1) is 11.0 Å². The number of aryl methyl sites for hydroxylation is 1. The second kappa shape index (κ2) is 6.16. The van der Waals surface area contributed by atoms with Crippen molar-refractivity contribution in [3.63, 3.8) is 0 Å². The molecular formula is C18H19N5O2. The fourth-order valence-electron chi connectivity index (χ4n) is 3.63. The first kappa shape index (κ1) is 15.6. The molecule has 0 aliphatic carbocycles. The van der Waals surface area contributed by atoms with Crippen LogP contribution in [0.5, 0.6) is 0 Å². The summed E-state index contributed by atoms with van der Waals surface area (Å²) in [4.78, 5) is 17.7. The summed E-state index contributed by atoms with van der Waals surface area (Å²) < 4.78 is 2.00. The minimum atomic E-state index is -0.360. The summed E-state index contributed by atoms with van der Waals surface area (Å²) in [5.74, 6) is 0. The monoisotopic (exact) mass is 337 g/mol. The molecule has 0 N–H and O–H groups in total. The van der Waals surface area contributed by atoms with Crippen LogP contribution in [0.4, 0.5) is 11.4 Å². The maximum Gasteiger partial charge on any atom is 0.295 e. The van der Waals surface area contributed by atoms with Crippen LogP contribution < -0.4 is 4.90 Å². The first-order valence-corrected chi connectivity index (χ1v) is 8.42. The lowest BCUT2D eigenvalue weighted by molar-refractivity contribution is -0.383. The molecule has 0 spiro atoms. The molecule has 0 saturated carbocycles. The number of anilines is 1. The van der Waals surface area contributed by atoms with Crippen LogP contribution in [0.15, 0.2) is 42.7 Å². The number of aromatic nitrogens is 3. The molecule has 3 aromatic rings. The number of piperidine rings is 1. The quantitative estimate of drug-likeness (QED) is 0.540. The van der Waals surface area contributed by atoms with Crippen LogP contribution >= 0.6 is 0 Å². The zero-order chi connectivity index (χ0) is 17.4. The van der Waals surface area contributed by atoms with E-state index in [9.17, 15) is 10.1 Å². The van der Waals surface area contributed by atoms with Crippen molar-refractivity contribution in [2.24, 2.45) is 0 Å². The summed E-state index contributed by atoms with van der Waals surface area (Å²) in [6.45, 7) is 3.65. The molecule has 1 saturated heterocycles. The Labute approximate surface area is 145 Å². The molecule has 1 unspecified atom stereocenters. The zero-order valence-electron chi connectivity index (χ0n) is 14.0. The fourth-order valence-corrected chi connectivity index (χ4v) is 3.63. The molecule has 0 amide bonds. The molecule has 128 valence electrons. The number of nitro groups is 1. The molecule has 1 aromatic carbocycles. The van der Waals surface area contributed by atoms with Crippen molar-refractivity contribution in [3.05, 3.63) is 58.5 Å². The van der Waals surface area contributed by atoms with Crippen LogP contribution in [0.25, 0.3) is 10.9 Å². The number of rotatable bonds is 3. The third-order valence-corrected chi connectivity index (χ3v) is 4.76. The van der Waals surface area contributed by atoms with Gasteiger partial charge in [0.2, 0.25) is 0 Å². The number of fused-ring (bicyclic) bond motifs is 1. The van der Waals surface area contributed by atoms with E-state index in [4.69, 9.17) is 0 Å². The Morgan fingerprint density at radius 1 is 1.32 bits per heavy atom. The van der Waals surface area contributed by atoms with Crippen molar-refractivity contribution in [3.8, 4) is 0 Å². The molecule has 7 nitrogen and oxygen atoms in total. The molecule has 25 heavy (non-hydrogen) atoms. The van der Waals surface area contributed by atoms with E-state index in [-0.39, 0.29) is 10.6 Å². The topological polar surface area (TPSA) is 77.1 Å². The van der Waals surface area contributed by atoms with Crippen LogP contribution in [0.1, 0.15) is 24.6 Å². The lowest BCUT2D eigenvalue weighted by Gasteiger charge is -2.35. The van der Waals surface area contributed by atoms with Gasteiger partial charge in [-0.3, -0.25) is 14.8 Å². The largest absolute Gasteiger partial charge is 0.369 e. The van der Waals surface area contributed by atoms with Crippen molar-refractivity contribution in [1.82, 2.24) is 14.8 Å². The first-order valence-electron chi connectivity index (χ1n) is 8.42. The Morgan fingerprint density at radius 2 is 2.20 bits per heavy atom. The zero-order valence-corrected chi connectivity index (χ0v) is 14.0. The van der Waals surface area contributed by atoms with Gasteiger partial charge in [0.15, 0.2) is 5.52 Å². The molecular weight excluding hydrogens is 318 g/mol.